The van der Waals surface area contributed by atoms with E-state index in [1.54, 1.807) is 77.4 Å². The normalized spacial score (nSPS) is 16.6. The van der Waals surface area contributed by atoms with Crippen molar-refractivity contribution in [3.05, 3.63) is 64.1 Å². The number of aryl methyl sites for hydroxylation is 1. The molecule has 1 atom stereocenters. The van der Waals surface area contributed by atoms with Gasteiger partial charge in [-0.2, -0.15) is 0 Å². The molecule has 9 heteroatoms. The average Bonchev–Trinajstić information content (AvgIpc) is 3.05. The van der Waals surface area contributed by atoms with Crippen LogP contribution in [0.1, 0.15) is 55.6 Å². The molecule has 3 aromatic rings. The number of rotatable bonds is 5. The molecule has 1 saturated heterocycles. The number of carbonyl (C=O) groups is 3. The predicted molar refractivity (Wildman–Crippen MR) is 129 cm³/mol. The second-order valence-corrected chi connectivity index (χ2v) is 9.64. The molecule has 0 bridgehead atoms. The van der Waals surface area contributed by atoms with Crippen molar-refractivity contribution in [2.75, 3.05) is 7.11 Å². The molecule has 0 N–H and O–H groups in total. The van der Waals surface area contributed by atoms with E-state index in [2.05, 4.69) is 0 Å². The van der Waals surface area contributed by atoms with E-state index < -0.39 is 29.2 Å². The Hall–Kier alpha value is -3.88. The number of hydrogen-bond acceptors (Lipinski definition) is 6. The maximum absolute atomic E-state index is 13.4. The molecule has 184 valence electrons. The Bertz CT molecular complexity index is 1360. The highest BCUT2D eigenvalue weighted by atomic mass is 16.6. The van der Waals surface area contributed by atoms with Crippen molar-refractivity contribution < 1.29 is 23.9 Å². The highest BCUT2D eigenvalue weighted by Gasteiger charge is 2.37. The maximum Gasteiger partial charge on any atom is 0.338 e. The fourth-order valence-electron chi connectivity index (χ4n) is 4.27. The van der Waals surface area contributed by atoms with Gasteiger partial charge in [0.15, 0.2) is 0 Å². The summed E-state index contributed by atoms with van der Waals surface area (Å²) in [7, 11) is 3.16. The van der Waals surface area contributed by atoms with Crippen LogP contribution in [0.2, 0.25) is 0 Å². The molecule has 1 fully saturated rings. The van der Waals surface area contributed by atoms with Gasteiger partial charge in [0.25, 0.3) is 5.91 Å². The number of imide groups is 1. The van der Waals surface area contributed by atoms with Crippen LogP contribution in [-0.4, -0.2) is 44.5 Å². The third kappa shape index (κ3) is 4.71. The van der Waals surface area contributed by atoms with Crippen LogP contribution in [0, 0.1) is 0 Å². The molecular formula is C26H29N3O6. The third-order valence-corrected chi connectivity index (χ3v) is 6.02. The number of aromatic nitrogens is 2. The molecule has 1 unspecified atom stereocenters. The van der Waals surface area contributed by atoms with Crippen LogP contribution < -0.4 is 10.4 Å². The maximum atomic E-state index is 13.4. The minimum atomic E-state index is -0.825. The van der Waals surface area contributed by atoms with E-state index in [9.17, 15) is 19.2 Å². The summed E-state index contributed by atoms with van der Waals surface area (Å²) in [5.74, 6) is -0.522. The number of carbonyl (C=O) groups excluding carboxylic acids is 3. The quantitative estimate of drug-likeness (QED) is 0.412. The summed E-state index contributed by atoms with van der Waals surface area (Å²) < 4.78 is 13.4. The molecule has 2 aromatic carbocycles. The number of ether oxygens (including phenoxy) is 2. The SMILES string of the molecule is COc1ccc(CN2C(=O)CCC(n3c(=O)n(C)c4cc(C(=O)OC(C)(C)C)ccc43)C2=O)cc1. The van der Waals surface area contributed by atoms with Gasteiger partial charge in [-0.25, -0.2) is 9.59 Å². The van der Waals surface area contributed by atoms with E-state index in [4.69, 9.17) is 9.47 Å². The lowest BCUT2D eigenvalue weighted by Gasteiger charge is -2.31. The topological polar surface area (TPSA) is 99.8 Å². The zero-order chi connectivity index (χ0) is 25.5. The molecule has 0 aliphatic carbocycles. The molecule has 2 heterocycles. The van der Waals surface area contributed by atoms with E-state index in [0.717, 1.165) is 5.56 Å². The van der Waals surface area contributed by atoms with E-state index >= 15 is 0 Å². The molecular weight excluding hydrogens is 450 g/mol. The summed E-state index contributed by atoms with van der Waals surface area (Å²) in [6.07, 6.45) is 0.370. The van der Waals surface area contributed by atoms with Gasteiger partial charge in [0.1, 0.15) is 17.4 Å². The number of methoxy groups -OCH3 is 1. The molecule has 1 aliphatic rings. The van der Waals surface area contributed by atoms with Crippen molar-refractivity contribution >= 4 is 28.8 Å². The number of likely N-dealkylation sites (tertiary alicyclic amines) is 1. The van der Waals surface area contributed by atoms with Gasteiger partial charge in [-0.1, -0.05) is 12.1 Å². The largest absolute Gasteiger partial charge is 0.497 e. The monoisotopic (exact) mass is 479 g/mol. The molecule has 0 spiro atoms. The van der Waals surface area contributed by atoms with Crippen LogP contribution in [0.4, 0.5) is 0 Å². The van der Waals surface area contributed by atoms with E-state index in [-0.39, 0.29) is 25.3 Å². The summed E-state index contributed by atoms with van der Waals surface area (Å²) in [6, 6.07) is 11.1. The Morgan fingerprint density at radius 3 is 2.34 bits per heavy atom. The Labute approximate surface area is 202 Å². The zero-order valence-electron chi connectivity index (χ0n) is 20.5. The Morgan fingerprint density at radius 1 is 1.03 bits per heavy atom. The fraction of sp³-hybridized carbons (Fsp3) is 0.385. The van der Waals surface area contributed by atoms with Crippen molar-refractivity contribution in [3.63, 3.8) is 0 Å². The highest BCUT2D eigenvalue weighted by molar-refractivity contribution is 6.00. The van der Waals surface area contributed by atoms with Gasteiger partial charge in [0, 0.05) is 13.5 Å². The van der Waals surface area contributed by atoms with Crippen molar-refractivity contribution in [3.8, 4) is 5.75 Å². The molecule has 0 radical (unpaired) electrons. The van der Waals surface area contributed by atoms with Crippen LogP contribution in [-0.2, 0) is 27.9 Å². The van der Waals surface area contributed by atoms with Gasteiger partial charge in [-0.3, -0.25) is 23.6 Å². The molecule has 2 amide bonds. The van der Waals surface area contributed by atoms with Gasteiger partial charge < -0.3 is 9.47 Å². The second-order valence-electron chi connectivity index (χ2n) is 9.64. The summed E-state index contributed by atoms with van der Waals surface area (Å²) in [5.41, 5.74) is 1.06. The van der Waals surface area contributed by atoms with Crippen molar-refractivity contribution in [2.45, 2.75) is 51.8 Å². The van der Waals surface area contributed by atoms with Crippen LogP contribution >= 0.6 is 0 Å². The first-order valence-corrected chi connectivity index (χ1v) is 11.4. The fourth-order valence-corrected chi connectivity index (χ4v) is 4.27. The van der Waals surface area contributed by atoms with Crippen LogP contribution in [0.15, 0.2) is 47.3 Å². The Morgan fingerprint density at radius 2 is 1.71 bits per heavy atom. The number of esters is 1. The van der Waals surface area contributed by atoms with Gasteiger partial charge in [-0.05, 0) is 63.1 Å². The second kappa shape index (κ2) is 9.05. The summed E-state index contributed by atoms with van der Waals surface area (Å²) in [5, 5.41) is 0. The number of amides is 2. The first-order chi connectivity index (χ1) is 16.5. The average molecular weight is 480 g/mol. The highest BCUT2D eigenvalue weighted by Crippen LogP contribution is 2.29. The van der Waals surface area contributed by atoms with Gasteiger partial charge in [-0.15, -0.1) is 0 Å². The summed E-state index contributed by atoms with van der Waals surface area (Å²) in [4.78, 5) is 53.0. The van der Waals surface area contributed by atoms with Crippen LogP contribution in [0.5, 0.6) is 5.75 Å². The number of hydrogen-bond donors (Lipinski definition) is 0. The molecule has 1 aliphatic heterocycles. The van der Waals surface area contributed by atoms with Gasteiger partial charge >= 0.3 is 11.7 Å². The van der Waals surface area contributed by atoms with Crippen molar-refractivity contribution in [2.24, 2.45) is 7.05 Å². The van der Waals surface area contributed by atoms with Gasteiger partial charge in [0.2, 0.25) is 5.91 Å². The molecule has 0 saturated carbocycles. The third-order valence-electron chi connectivity index (χ3n) is 6.02. The van der Waals surface area contributed by atoms with Crippen LogP contribution in [0.25, 0.3) is 11.0 Å². The lowest BCUT2D eigenvalue weighted by atomic mass is 10.0. The number of fused-ring (bicyclic) bond motifs is 1. The zero-order valence-corrected chi connectivity index (χ0v) is 20.5. The van der Waals surface area contributed by atoms with Crippen molar-refractivity contribution in [1.29, 1.82) is 0 Å². The van der Waals surface area contributed by atoms with Crippen molar-refractivity contribution in [1.82, 2.24) is 14.0 Å². The summed E-state index contributed by atoms with van der Waals surface area (Å²) >= 11 is 0. The smallest absolute Gasteiger partial charge is 0.338 e. The van der Waals surface area contributed by atoms with E-state index in [0.29, 0.717) is 22.3 Å². The standard InChI is InChI=1S/C26H29N3O6/c1-26(2,3)35-24(32)17-8-11-19-21(14-17)27(4)25(33)29(19)20-12-13-22(30)28(23(20)31)15-16-6-9-18(34-5)10-7-16/h6-11,14,20H,12-13,15H2,1-5H3. The summed E-state index contributed by atoms with van der Waals surface area (Å²) in [6.45, 7) is 5.45. The van der Waals surface area contributed by atoms with E-state index in [1.807, 2.05) is 0 Å². The number of piperidine rings is 1. The van der Waals surface area contributed by atoms with Crippen LogP contribution in [0.3, 0.4) is 0 Å². The lowest BCUT2D eigenvalue weighted by molar-refractivity contribution is -0.151. The van der Waals surface area contributed by atoms with Gasteiger partial charge in [0.05, 0.1) is 30.3 Å². The Kier molecular flexibility index (Phi) is 6.27. The molecule has 35 heavy (non-hydrogen) atoms. The minimum absolute atomic E-state index is 0.112. The lowest BCUT2D eigenvalue weighted by Crippen LogP contribution is -2.47. The predicted octanol–water partition coefficient (Wildman–Crippen LogP) is 3.19. The first-order valence-electron chi connectivity index (χ1n) is 11.4. The number of imidazole rings is 1. The number of benzene rings is 2. The first kappa shape index (κ1) is 24.3. The van der Waals surface area contributed by atoms with E-state index in [1.165, 1.54) is 14.0 Å². The molecule has 4 rings (SSSR count). The minimum Gasteiger partial charge on any atom is -0.497 e. The number of nitrogens with zero attached hydrogens (tertiary/aromatic N) is 3. The Balaban J connectivity index is 1.67. The molecule has 1 aromatic heterocycles. The molecule has 9 nitrogen and oxygen atoms in total.